The molecular formula is C13H22N2O3. The molecule has 2 N–H and O–H groups in total. The normalized spacial score (nSPS) is 20.3. The largest absolute Gasteiger partial charge is 0.465 e. The van der Waals surface area contributed by atoms with E-state index in [1.165, 1.54) is 0 Å². The molecule has 5 nitrogen and oxygen atoms in total. The van der Waals surface area contributed by atoms with Crippen molar-refractivity contribution in [1.29, 1.82) is 0 Å². The number of amides is 1. The lowest BCUT2D eigenvalue weighted by atomic mass is 10.1. The molecule has 5 heteroatoms. The second kappa shape index (κ2) is 5.69. The summed E-state index contributed by atoms with van der Waals surface area (Å²) in [5.74, 6) is 0.195. The van der Waals surface area contributed by atoms with Gasteiger partial charge in [0.05, 0.1) is 6.61 Å². The quantitative estimate of drug-likeness (QED) is 0.678. The molecule has 2 aliphatic carbocycles. The van der Waals surface area contributed by atoms with Gasteiger partial charge in [0.1, 0.15) is 6.54 Å². The van der Waals surface area contributed by atoms with Crippen LogP contribution in [0.2, 0.25) is 0 Å². The second-order valence-corrected chi connectivity index (χ2v) is 5.26. The molecule has 1 amide bonds. The minimum Gasteiger partial charge on any atom is -0.465 e. The Kier molecular flexibility index (Phi) is 4.22. The molecule has 1 atom stereocenters. The Bertz CT molecular complexity index is 324. The predicted molar refractivity (Wildman–Crippen MR) is 66.7 cm³/mol. The molecule has 0 bridgehead atoms. The van der Waals surface area contributed by atoms with E-state index in [0.717, 1.165) is 25.7 Å². The van der Waals surface area contributed by atoms with E-state index in [0.29, 0.717) is 18.9 Å². The van der Waals surface area contributed by atoms with E-state index in [1.807, 2.05) is 0 Å². The average molecular weight is 254 g/mol. The van der Waals surface area contributed by atoms with Gasteiger partial charge in [-0.1, -0.05) is 0 Å². The molecule has 0 aromatic heterocycles. The van der Waals surface area contributed by atoms with Crippen LogP contribution < -0.4 is 5.73 Å². The van der Waals surface area contributed by atoms with Gasteiger partial charge in [-0.25, -0.2) is 0 Å². The molecular weight excluding hydrogens is 232 g/mol. The third kappa shape index (κ3) is 3.70. The van der Waals surface area contributed by atoms with E-state index >= 15 is 0 Å². The zero-order chi connectivity index (χ0) is 13.1. The van der Waals surface area contributed by atoms with E-state index in [4.69, 9.17) is 10.5 Å². The maximum atomic E-state index is 12.1. The van der Waals surface area contributed by atoms with Crippen molar-refractivity contribution in [3.63, 3.8) is 0 Å². The van der Waals surface area contributed by atoms with Gasteiger partial charge in [0.2, 0.25) is 5.91 Å². The summed E-state index contributed by atoms with van der Waals surface area (Å²) in [4.78, 5) is 25.3. The fraction of sp³-hybridized carbons (Fsp3) is 0.846. The Labute approximate surface area is 108 Å². The average Bonchev–Trinajstić information content (AvgIpc) is 3.18. The summed E-state index contributed by atoms with van der Waals surface area (Å²) < 4.78 is 4.90. The number of rotatable bonds is 7. The predicted octanol–water partition coefficient (Wildman–Crippen LogP) is 0.668. The number of hydrogen-bond donors (Lipinski definition) is 1. The van der Waals surface area contributed by atoms with Crippen molar-refractivity contribution in [3.8, 4) is 0 Å². The van der Waals surface area contributed by atoms with Gasteiger partial charge < -0.3 is 15.4 Å². The fourth-order valence-corrected chi connectivity index (χ4v) is 2.16. The maximum absolute atomic E-state index is 12.1. The smallest absolute Gasteiger partial charge is 0.325 e. The van der Waals surface area contributed by atoms with Crippen molar-refractivity contribution >= 4 is 11.9 Å². The highest BCUT2D eigenvalue weighted by Gasteiger charge is 2.37. The summed E-state index contributed by atoms with van der Waals surface area (Å²) in [6, 6.07) is 0.189. The van der Waals surface area contributed by atoms with Crippen LogP contribution in [0.25, 0.3) is 0 Å². The molecule has 0 saturated heterocycles. The minimum atomic E-state index is -0.322. The maximum Gasteiger partial charge on any atom is 0.325 e. The van der Waals surface area contributed by atoms with Crippen LogP contribution in [0.1, 0.15) is 39.0 Å². The summed E-state index contributed by atoms with van der Waals surface area (Å²) in [7, 11) is 0. The Morgan fingerprint density at radius 2 is 2.00 bits per heavy atom. The first-order chi connectivity index (χ1) is 8.61. The zero-order valence-corrected chi connectivity index (χ0v) is 10.9. The van der Waals surface area contributed by atoms with Gasteiger partial charge in [-0.05, 0) is 38.5 Å². The van der Waals surface area contributed by atoms with E-state index in [-0.39, 0.29) is 30.5 Å². The lowest BCUT2D eigenvalue weighted by Gasteiger charge is -2.23. The van der Waals surface area contributed by atoms with Crippen molar-refractivity contribution in [2.75, 3.05) is 13.2 Å². The summed E-state index contributed by atoms with van der Waals surface area (Å²) >= 11 is 0. The Balaban J connectivity index is 1.83. The van der Waals surface area contributed by atoms with Crippen LogP contribution in [0.3, 0.4) is 0 Å². The van der Waals surface area contributed by atoms with E-state index in [9.17, 15) is 9.59 Å². The number of ether oxygens (including phenoxy) is 1. The molecule has 0 heterocycles. The lowest BCUT2D eigenvalue weighted by molar-refractivity contribution is -0.149. The molecule has 1 unspecified atom stereocenters. The van der Waals surface area contributed by atoms with Crippen molar-refractivity contribution < 1.29 is 14.3 Å². The molecule has 2 fully saturated rings. The SMILES string of the molecule is CCOC(=O)CN(C(=O)CC(N)C1CC1)C1CC1. The standard InChI is InChI=1S/C13H22N2O3/c1-2-18-13(17)8-15(10-5-6-10)12(16)7-11(14)9-3-4-9/h9-11H,2-8,14H2,1H3. The minimum absolute atomic E-state index is 0.00459. The highest BCUT2D eigenvalue weighted by atomic mass is 16.5. The first-order valence-electron chi connectivity index (χ1n) is 6.82. The van der Waals surface area contributed by atoms with Gasteiger partial charge >= 0.3 is 5.97 Å². The number of esters is 1. The zero-order valence-electron chi connectivity index (χ0n) is 10.9. The van der Waals surface area contributed by atoms with Crippen LogP contribution >= 0.6 is 0 Å². The van der Waals surface area contributed by atoms with Crippen LogP contribution in [0.4, 0.5) is 0 Å². The molecule has 0 spiro atoms. The number of carbonyl (C=O) groups is 2. The van der Waals surface area contributed by atoms with E-state index in [1.54, 1.807) is 11.8 Å². The molecule has 0 aliphatic heterocycles. The van der Waals surface area contributed by atoms with Crippen LogP contribution in [0.15, 0.2) is 0 Å². The fourth-order valence-electron chi connectivity index (χ4n) is 2.16. The van der Waals surface area contributed by atoms with Crippen LogP contribution in [0.5, 0.6) is 0 Å². The van der Waals surface area contributed by atoms with E-state index in [2.05, 4.69) is 0 Å². The van der Waals surface area contributed by atoms with Crippen molar-refractivity contribution in [3.05, 3.63) is 0 Å². The number of nitrogens with zero attached hydrogens (tertiary/aromatic N) is 1. The van der Waals surface area contributed by atoms with Crippen LogP contribution in [-0.2, 0) is 14.3 Å². The van der Waals surface area contributed by atoms with Crippen LogP contribution in [0, 0.1) is 5.92 Å². The third-order valence-electron chi connectivity index (χ3n) is 3.55. The number of hydrogen-bond acceptors (Lipinski definition) is 4. The topological polar surface area (TPSA) is 72.6 Å². The third-order valence-corrected chi connectivity index (χ3v) is 3.55. The lowest BCUT2D eigenvalue weighted by Crippen LogP contribution is -2.41. The van der Waals surface area contributed by atoms with E-state index < -0.39 is 0 Å². The van der Waals surface area contributed by atoms with Crippen molar-refractivity contribution in [2.24, 2.45) is 11.7 Å². The Morgan fingerprint density at radius 1 is 1.33 bits per heavy atom. The number of carbonyl (C=O) groups excluding carboxylic acids is 2. The summed E-state index contributed by atoms with van der Waals surface area (Å²) in [5, 5.41) is 0. The molecule has 0 aromatic rings. The highest BCUT2D eigenvalue weighted by Crippen LogP contribution is 2.34. The van der Waals surface area contributed by atoms with Gasteiger partial charge in [0.25, 0.3) is 0 Å². The first-order valence-corrected chi connectivity index (χ1v) is 6.82. The Hall–Kier alpha value is -1.10. The summed E-state index contributed by atoms with van der Waals surface area (Å²) in [6.07, 6.45) is 4.61. The molecule has 2 aliphatic rings. The van der Waals surface area contributed by atoms with Gasteiger partial charge in [0, 0.05) is 18.5 Å². The molecule has 2 rings (SSSR count). The molecule has 0 radical (unpaired) electrons. The van der Waals surface area contributed by atoms with Gasteiger partial charge in [-0.15, -0.1) is 0 Å². The number of nitrogens with two attached hydrogens (primary N) is 1. The van der Waals surface area contributed by atoms with Gasteiger partial charge in [-0.2, -0.15) is 0 Å². The molecule has 0 aromatic carbocycles. The Morgan fingerprint density at radius 3 is 2.50 bits per heavy atom. The summed E-state index contributed by atoms with van der Waals surface area (Å²) in [5.41, 5.74) is 5.96. The highest BCUT2D eigenvalue weighted by molar-refractivity contribution is 5.83. The van der Waals surface area contributed by atoms with Gasteiger partial charge in [-0.3, -0.25) is 9.59 Å². The molecule has 18 heavy (non-hydrogen) atoms. The van der Waals surface area contributed by atoms with Crippen molar-refractivity contribution in [2.45, 2.75) is 51.1 Å². The monoisotopic (exact) mass is 254 g/mol. The molecule has 2 saturated carbocycles. The first kappa shape index (κ1) is 13.3. The summed E-state index contributed by atoms with van der Waals surface area (Å²) in [6.45, 7) is 2.20. The van der Waals surface area contributed by atoms with Gasteiger partial charge in [0.15, 0.2) is 0 Å². The van der Waals surface area contributed by atoms with Crippen LogP contribution in [-0.4, -0.2) is 42.0 Å². The second-order valence-electron chi connectivity index (χ2n) is 5.26. The molecule has 102 valence electrons. The van der Waals surface area contributed by atoms with Crippen molar-refractivity contribution in [1.82, 2.24) is 4.90 Å².